The standard InChI is InChI=1S/C14H21NO3/c1-10(15-13(8-16)9-17-2)11-3-4-14-12(7-11)5-6-18-14/h3-4,7,10,13,15-16H,5-6,8-9H2,1-2H3. The molecule has 2 atom stereocenters. The van der Waals surface area contributed by atoms with Gasteiger partial charge in [0.15, 0.2) is 0 Å². The van der Waals surface area contributed by atoms with E-state index in [0.29, 0.717) is 6.61 Å². The first kappa shape index (κ1) is 13.3. The van der Waals surface area contributed by atoms with Gasteiger partial charge >= 0.3 is 0 Å². The van der Waals surface area contributed by atoms with Gasteiger partial charge in [-0.2, -0.15) is 0 Å². The number of rotatable bonds is 6. The van der Waals surface area contributed by atoms with E-state index in [1.54, 1.807) is 7.11 Å². The monoisotopic (exact) mass is 251 g/mol. The van der Waals surface area contributed by atoms with Crippen LogP contribution in [0.1, 0.15) is 24.1 Å². The number of fused-ring (bicyclic) bond motifs is 1. The number of hydrogen-bond donors (Lipinski definition) is 2. The summed E-state index contributed by atoms with van der Waals surface area (Å²) in [5, 5.41) is 12.6. The van der Waals surface area contributed by atoms with Crippen LogP contribution >= 0.6 is 0 Å². The second-order valence-electron chi connectivity index (χ2n) is 4.69. The van der Waals surface area contributed by atoms with Crippen molar-refractivity contribution >= 4 is 0 Å². The maximum Gasteiger partial charge on any atom is 0.122 e. The Morgan fingerprint density at radius 1 is 1.50 bits per heavy atom. The lowest BCUT2D eigenvalue weighted by Gasteiger charge is -2.21. The average molecular weight is 251 g/mol. The van der Waals surface area contributed by atoms with E-state index in [4.69, 9.17) is 9.47 Å². The molecule has 0 radical (unpaired) electrons. The van der Waals surface area contributed by atoms with Crippen LogP contribution in [-0.2, 0) is 11.2 Å². The van der Waals surface area contributed by atoms with Gasteiger partial charge in [0.25, 0.3) is 0 Å². The van der Waals surface area contributed by atoms with Crippen LogP contribution in [0.4, 0.5) is 0 Å². The van der Waals surface area contributed by atoms with Gasteiger partial charge in [-0.25, -0.2) is 0 Å². The maximum atomic E-state index is 9.25. The summed E-state index contributed by atoms with van der Waals surface area (Å²) >= 11 is 0. The molecule has 0 saturated heterocycles. The third-order valence-electron chi connectivity index (χ3n) is 3.29. The number of aliphatic hydroxyl groups excluding tert-OH is 1. The molecule has 4 nitrogen and oxygen atoms in total. The Morgan fingerprint density at radius 3 is 3.06 bits per heavy atom. The Kier molecular flexibility index (Phi) is 4.58. The summed E-state index contributed by atoms with van der Waals surface area (Å²) in [6.07, 6.45) is 0.984. The van der Waals surface area contributed by atoms with E-state index in [1.165, 1.54) is 11.1 Å². The van der Waals surface area contributed by atoms with Gasteiger partial charge in [-0.1, -0.05) is 12.1 Å². The van der Waals surface area contributed by atoms with E-state index < -0.39 is 0 Å². The molecule has 2 unspecified atom stereocenters. The highest BCUT2D eigenvalue weighted by molar-refractivity contribution is 5.40. The highest BCUT2D eigenvalue weighted by atomic mass is 16.5. The predicted molar refractivity (Wildman–Crippen MR) is 69.9 cm³/mol. The molecule has 18 heavy (non-hydrogen) atoms. The lowest BCUT2D eigenvalue weighted by Crippen LogP contribution is -2.38. The summed E-state index contributed by atoms with van der Waals surface area (Å²) in [5.41, 5.74) is 2.49. The molecule has 0 saturated carbocycles. The Balaban J connectivity index is 2.02. The van der Waals surface area contributed by atoms with E-state index in [0.717, 1.165) is 18.8 Å². The fraction of sp³-hybridized carbons (Fsp3) is 0.571. The normalized spacial score (nSPS) is 17.1. The maximum absolute atomic E-state index is 9.25. The Morgan fingerprint density at radius 2 is 2.33 bits per heavy atom. The number of aliphatic hydroxyl groups is 1. The van der Waals surface area contributed by atoms with Gasteiger partial charge in [0.1, 0.15) is 5.75 Å². The zero-order valence-corrected chi connectivity index (χ0v) is 11.0. The quantitative estimate of drug-likeness (QED) is 0.799. The first-order valence-corrected chi connectivity index (χ1v) is 6.36. The number of ether oxygens (including phenoxy) is 2. The summed E-state index contributed by atoms with van der Waals surface area (Å²) in [6, 6.07) is 6.43. The van der Waals surface area contributed by atoms with Gasteiger partial charge in [-0.3, -0.25) is 0 Å². The molecule has 1 aliphatic rings. The minimum absolute atomic E-state index is 0.0329. The zero-order valence-electron chi connectivity index (χ0n) is 11.0. The third kappa shape index (κ3) is 3.02. The molecule has 0 amide bonds. The predicted octanol–water partition coefficient (Wildman–Crippen LogP) is 1.28. The zero-order chi connectivity index (χ0) is 13.0. The minimum Gasteiger partial charge on any atom is -0.493 e. The smallest absolute Gasteiger partial charge is 0.122 e. The number of benzene rings is 1. The molecule has 0 spiro atoms. The van der Waals surface area contributed by atoms with Crippen molar-refractivity contribution in [1.29, 1.82) is 0 Å². The highest BCUT2D eigenvalue weighted by Crippen LogP contribution is 2.28. The van der Waals surface area contributed by atoms with Gasteiger partial charge in [0, 0.05) is 19.6 Å². The van der Waals surface area contributed by atoms with Crippen molar-refractivity contribution < 1.29 is 14.6 Å². The van der Waals surface area contributed by atoms with Gasteiger partial charge in [0.05, 0.1) is 25.9 Å². The van der Waals surface area contributed by atoms with E-state index in [1.807, 2.05) is 6.07 Å². The van der Waals surface area contributed by atoms with Gasteiger partial charge in [-0.05, 0) is 24.1 Å². The largest absolute Gasteiger partial charge is 0.493 e. The molecular weight excluding hydrogens is 230 g/mol. The van der Waals surface area contributed by atoms with Crippen LogP contribution in [0.3, 0.4) is 0 Å². The SMILES string of the molecule is COCC(CO)NC(C)c1ccc2c(c1)CCO2. The topological polar surface area (TPSA) is 50.7 Å². The molecule has 1 aromatic carbocycles. The molecule has 100 valence electrons. The van der Waals surface area contributed by atoms with E-state index in [2.05, 4.69) is 24.4 Å². The molecular formula is C14H21NO3. The molecule has 0 bridgehead atoms. The van der Waals surface area contributed by atoms with Crippen LogP contribution in [0.15, 0.2) is 18.2 Å². The molecule has 0 aromatic heterocycles. The van der Waals surface area contributed by atoms with Crippen molar-refractivity contribution in [2.24, 2.45) is 0 Å². The lowest BCUT2D eigenvalue weighted by atomic mass is 10.0. The minimum atomic E-state index is -0.0329. The summed E-state index contributed by atoms with van der Waals surface area (Å²) < 4.78 is 10.6. The van der Waals surface area contributed by atoms with Crippen LogP contribution in [0.5, 0.6) is 5.75 Å². The van der Waals surface area contributed by atoms with Crippen molar-refractivity contribution in [3.8, 4) is 5.75 Å². The van der Waals surface area contributed by atoms with Crippen molar-refractivity contribution in [1.82, 2.24) is 5.32 Å². The molecule has 4 heteroatoms. The van der Waals surface area contributed by atoms with Crippen molar-refractivity contribution in [2.75, 3.05) is 26.9 Å². The van der Waals surface area contributed by atoms with Crippen molar-refractivity contribution in [3.05, 3.63) is 29.3 Å². The number of methoxy groups -OCH3 is 1. The fourth-order valence-electron chi connectivity index (χ4n) is 2.28. The molecule has 2 N–H and O–H groups in total. The molecule has 2 rings (SSSR count). The van der Waals surface area contributed by atoms with Gasteiger partial charge in [0.2, 0.25) is 0 Å². The van der Waals surface area contributed by atoms with E-state index in [9.17, 15) is 5.11 Å². The third-order valence-corrected chi connectivity index (χ3v) is 3.29. The summed E-state index contributed by atoms with van der Waals surface area (Å²) in [5.74, 6) is 1.00. The second kappa shape index (κ2) is 6.18. The highest BCUT2D eigenvalue weighted by Gasteiger charge is 2.16. The average Bonchev–Trinajstić information content (AvgIpc) is 2.85. The van der Waals surface area contributed by atoms with E-state index in [-0.39, 0.29) is 18.7 Å². The Hall–Kier alpha value is -1.10. The molecule has 1 aromatic rings. The molecule has 1 heterocycles. The fourth-order valence-corrected chi connectivity index (χ4v) is 2.28. The summed E-state index contributed by atoms with van der Waals surface area (Å²) in [6.45, 7) is 3.46. The van der Waals surface area contributed by atoms with Gasteiger partial charge in [-0.15, -0.1) is 0 Å². The molecule has 0 aliphatic carbocycles. The summed E-state index contributed by atoms with van der Waals surface area (Å²) in [4.78, 5) is 0. The van der Waals surface area contributed by atoms with Crippen molar-refractivity contribution in [3.63, 3.8) is 0 Å². The van der Waals surface area contributed by atoms with Crippen LogP contribution in [0.2, 0.25) is 0 Å². The Bertz CT molecular complexity index is 395. The number of nitrogens with one attached hydrogen (secondary N) is 1. The second-order valence-corrected chi connectivity index (χ2v) is 4.69. The van der Waals surface area contributed by atoms with Crippen LogP contribution < -0.4 is 10.1 Å². The van der Waals surface area contributed by atoms with Crippen molar-refractivity contribution in [2.45, 2.75) is 25.4 Å². The Labute approximate surface area is 108 Å². The van der Waals surface area contributed by atoms with Crippen LogP contribution in [0, 0.1) is 0 Å². The van der Waals surface area contributed by atoms with Crippen LogP contribution in [-0.4, -0.2) is 38.1 Å². The van der Waals surface area contributed by atoms with Gasteiger partial charge < -0.3 is 19.9 Å². The number of hydrogen-bond acceptors (Lipinski definition) is 4. The van der Waals surface area contributed by atoms with E-state index >= 15 is 0 Å². The summed E-state index contributed by atoms with van der Waals surface area (Å²) in [7, 11) is 1.64. The lowest BCUT2D eigenvalue weighted by molar-refractivity contribution is 0.123. The molecule has 0 fully saturated rings. The van der Waals surface area contributed by atoms with Crippen LogP contribution in [0.25, 0.3) is 0 Å². The molecule has 1 aliphatic heterocycles. The first-order valence-electron chi connectivity index (χ1n) is 6.36. The first-order chi connectivity index (χ1) is 8.74.